The zero-order valence-electron chi connectivity index (χ0n) is 10.5. The van der Waals surface area contributed by atoms with Crippen molar-refractivity contribution in [2.45, 2.75) is 0 Å². The normalized spacial score (nSPS) is 9.89. The third kappa shape index (κ3) is 3.27. The second kappa shape index (κ2) is 6.47. The largest absolute Gasteiger partial charge is 0.474 e. The molecule has 0 atom stereocenters. The highest BCUT2D eigenvalue weighted by atomic mass is 16.5. The Kier molecular flexibility index (Phi) is 4.43. The Morgan fingerprint density at radius 2 is 2.00 bits per heavy atom. The molecule has 96 valence electrons. The van der Waals surface area contributed by atoms with Crippen LogP contribution >= 0.6 is 0 Å². The van der Waals surface area contributed by atoms with Gasteiger partial charge in [0.1, 0.15) is 18.2 Å². The first-order chi connectivity index (χ1) is 9.35. The molecule has 2 aromatic rings. The van der Waals surface area contributed by atoms with Crippen LogP contribution in [0.15, 0.2) is 36.8 Å². The average molecular weight is 255 g/mol. The molecule has 5 heteroatoms. The molecule has 0 aromatic carbocycles. The topological polar surface area (TPSA) is 68.0 Å². The molecule has 0 spiro atoms. The van der Waals surface area contributed by atoms with Crippen molar-refractivity contribution >= 4 is 0 Å². The van der Waals surface area contributed by atoms with Crippen LogP contribution in [0.25, 0.3) is 11.1 Å². The van der Waals surface area contributed by atoms with Crippen LogP contribution in [0.1, 0.15) is 5.56 Å². The van der Waals surface area contributed by atoms with Gasteiger partial charge in [0.2, 0.25) is 5.88 Å². The lowest BCUT2D eigenvalue weighted by Crippen LogP contribution is -2.06. The van der Waals surface area contributed by atoms with Crippen LogP contribution in [0.4, 0.5) is 0 Å². The van der Waals surface area contributed by atoms with Crippen molar-refractivity contribution in [1.82, 2.24) is 9.97 Å². The molecule has 0 aliphatic carbocycles. The molecule has 5 nitrogen and oxygen atoms in total. The quantitative estimate of drug-likeness (QED) is 0.765. The van der Waals surface area contributed by atoms with Gasteiger partial charge in [-0.15, -0.1) is 0 Å². The molecule has 0 aliphatic rings. The molecule has 0 saturated heterocycles. The number of nitrogens with zero attached hydrogens (tertiary/aromatic N) is 3. The van der Waals surface area contributed by atoms with Gasteiger partial charge in [-0.1, -0.05) is 0 Å². The fraction of sp³-hybridized carbons (Fsp3) is 0.214. The minimum atomic E-state index is 0.331. The standard InChI is InChI=1S/C14H13N3O2/c1-18-6-7-19-14-12(9-15)8-13(10-17-14)11-2-4-16-5-3-11/h2-5,8,10H,6-7H2,1H3. The fourth-order valence-electron chi connectivity index (χ4n) is 1.57. The third-order valence-electron chi connectivity index (χ3n) is 2.51. The van der Waals surface area contributed by atoms with Crippen molar-refractivity contribution in [3.05, 3.63) is 42.4 Å². The van der Waals surface area contributed by atoms with Gasteiger partial charge >= 0.3 is 0 Å². The number of pyridine rings is 2. The molecule has 2 heterocycles. The molecule has 0 bridgehead atoms. The molecule has 0 fully saturated rings. The molecule has 0 unspecified atom stereocenters. The summed E-state index contributed by atoms with van der Waals surface area (Å²) in [7, 11) is 1.59. The molecule has 0 amide bonds. The fourth-order valence-corrected chi connectivity index (χ4v) is 1.57. The van der Waals surface area contributed by atoms with E-state index in [1.807, 2.05) is 12.1 Å². The van der Waals surface area contributed by atoms with Gasteiger partial charge < -0.3 is 9.47 Å². The Hall–Kier alpha value is -2.45. The summed E-state index contributed by atoms with van der Waals surface area (Å²) in [6.45, 7) is 0.825. The van der Waals surface area contributed by atoms with E-state index in [-0.39, 0.29) is 0 Å². The smallest absolute Gasteiger partial charge is 0.231 e. The summed E-state index contributed by atoms with van der Waals surface area (Å²) in [6, 6.07) is 7.57. The first kappa shape index (κ1) is 13.0. The molecular formula is C14H13N3O2. The summed E-state index contributed by atoms with van der Waals surface area (Å²) in [6.07, 6.45) is 5.08. The molecule has 0 radical (unpaired) electrons. The summed E-state index contributed by atoms with van der Waals surface area (Å²) in [5.74, 6) is 0.331. The van der Waals surface area contributed by atoms with Crippen molar-refractivity contribution in [3.8, 4) is 23.1 Å². The Balaban J connectivity index is 2.24. The number of hydrogen-bond acceptors (Lipinski definition) is 5. The maximum Gasteiger partial charge on any atom is 0.231 e. The predicted molar refractivity (Wildman–Crippen MR) is 69.6 cm³/mol. The van der Waals surface area contributed by atoms with E-state index in [1.165, 1.54) is 0 Å². The van der Waals surface area contributed by atoms with Gasteiger partial charge in [-0.3, -0.25) is 4.98 Å². The lowest BCUT2D eigenvalue weighted by molar-refractivity contribution is 0.143. The van der Waals surface area contributed by atoms with E-state index in [9.17, 15) is 0 Å². The Labute approximate surface area is 111 Å². The molecular weight excluding hydrogens is 242 g/mol. The van der Waals surface area contributed by atoms with Crippen molar-refractivity contribution in [3.63, 3.8) is 0 Å². The van der Waals surface area contributed by atoms with E-state index < -0.39 is 0 Å². The number of nitriles is 1. The molecule has 2 aromatic heterocycles. The second-order valence-electron chi connectivity index (χ2n) is 3.77. The van der Waals surface area contributed by atoms with Crippen molar-refractivity contribution < 1.29 is 9.47 Å². The Morgan fingerprint density at radius 3 is 2.68 bits per heavy atom. The number of methoxy groups -OCH3 is 1. The van der Waals surface area contributed by atoms with Gasteiger partial charge in [-0.2, -0.15) is 5.26 Å². The number of ether oxygens (including phenoxy) is 2. The maximum absolute atomic E-state index is 9.13. The van der Waals surface area contributed by atoms with Crippen LogP contribution in [0.3, 0.4) is 0 Å². The highest BCUT2D eigenvalue weighted by Crippen LogP contribution is 2.23. The summed E-state index contributed by atoms with van der Waals surface area (Å²) >= 11 is 0. The van der Waals surface area contributed by atoms with E-state index >= 15 is 0 Å². The second-order valence-corrected chi connectivity index (χ2v) is 3.77. The van der Waals surface area contributed by atoms with Gasteiger partial charge in [0.25, 0.3) is 0 Å². The first-order valence-electron chi connectivity index (χ1n) is 5.77. The van der Waals surface area contributed by atoms with Crippen LogP contribution in [0, 0.1) is 11.3 Å². The van der Waals surface area contributed by atoms with Gasteiger partial charge in [-0.05, 0) is 23.8 Å². The van der Waals surface area contributed by atoms with Crippen molar-refractivity contribution in [2.24, 2.45) is 0 Å². The SMILES string of the molecule is COCCOc1ncc(-c2ccncc2)cc1C#N. The summed E-state index contributed by atoms with van der Waals surface area (Å²) < 4.78 is 10.3. The minimum Gasteiger partial charge on any atom is -0.474 e. The number of aromatic nitrogens is 2. The molecule has 2 rings (SSSR count). The van der Waals surface area contributed by atoms with Gasteiger partial charge in [-0.25, -0.2) is 4.98 Å². The Bertz CT molecular complexity index is 579. The first-order valence-corrected chi connectivity index (χ1v) is 5.77. The third-order valence-corrected chi connectivity index (χ3v) is 2.51. The summed E-state index contributed by atoms with van der Waals surface area (Å²) in [5.41, 5.74) is 2.23. The number of rotatable bonds is 5. The van der Waals surface area contributed by atoms with Crippen LogP contribution in [0.2, 0.25) is 0 Å². The summed E-state index contributed by atoms with van der Waals surface area (Å²) in [5, 5.41) is 9.13. The molecule has 19 heavy (non-hydrogen) atoms. The van der Waals surface area contributed by atoms with Crippen LogP contribution in [-0.2, 0) is 4.74 Å². The van der Waals surface area contributed by atoms with Gasteiger partial charge in [0.05, 0.1) is 6.61 Å². The Morgan fingerprint density at radius 1 is 1.21 bits per heavy atom. The molecule has 0 aliphatic heterocycles. The zero-order chi connectivity index (χ0) is 13.5. The highest BCUT2D eigenvalue weighted by Gasteiger charge is 2.07. The molecule has 0 N–H and O–H groups in total. The van der Waals surface area contributed by atoms with Crippen LogP contribution in [0.5, 0.6) is 5.88 Å². The highest BCUT2D eigenvalue weighted by molar-refractivity contribution is 5.64. The predicted octanol–water partition coefficient (Wildman–Crippen LogP) is 2.04. The van der Waals surface area contributed by atoms with Crippen molar-refractivity contribution in [2.75, 3.05) is 20.3 Å². The molecule has 0 saturated carbocycles. The van der Waals surface area contributed by atoms with Gasteiger partial charge in [0.15, 0.2) is 0 Å². The average Bonchev–Trinajstić information content (AvgIpc) is 2.48. The van der Waals surface area contributed by atoms with E-state index in [4.69, 9.17) is 14.7 Å². The van der Waals surface area contributed by atoms with E-state index in [0.717, 1.165) is 11.1 Å². The lowest BCUT2D eigenvalue weighted by Gasteiger charge is -2.07. The van der Waals surface area contributed by atoms with E-state index in [0.29, 0.717) is 24.7 Å². The van der Waals surface area contributed by atoms with Crippen LogP contribution in [-0.4, -0.2) is 30.3 Å². The van der Waals surface area contributed by atoms with Gasteiger partial charge in [0, 0.05) is 31.3 Å². The number of hydrogen-bond donors (Lipinski definition) is 0. The maximum atomic E-state index is 9.13. The lowest BCUT2D eigenvalue weighted by atomic mass is 10.1. The minimum absolute atomic E-state index is 0.331. The monoisotopic (exact) mass is 255 g/mol. The van der Waals surface area contributed by atoms with E-state index in [2.05, 4.69) is 16.0 Å². The van der Waals surface area contributed by atoms with Crippen molar-refractivity contribution in [1.29, 1.82) is 5.26 Å². The van der Waals surface area contributed by atoms with Crippen LogP contribution < -0.4 is 4.74 Å². The zero-order valence-corrected chi connectivity index (χ0v) is 10.5. The summed E-state index contributed by atoms with van der Waals surface area (Å²) in [4.78, 5) is 8.13. The van der Waals surface area contributed by atoms with E-state index in [1.54, 1.807) is 31.8 Å².